The summed E-state index contributed by atoms with van der Waals surface area (Å²) in [7, 11) is 0. The van der Waals surface area contributed by atoms with E-state index in [1.165, 1.54) is 6.42 Å². The number of hydrogen-bond acceptors (Lipinski definition) is 3. The van der Waals surface area contributed by atoms with Crippen molar-refractivity contribution in [2.24, 2.45) is 0 Å². The maximum absolute atomic E-state index is 10.8. The highest BCUT2D eigenvalue weighted by Crippen LogP contribution is 2.38. The lowest BCUT2D eigenvalue weighted by Crippen LogP contribution is -2.29. The molecule has 1 aromatic rings. The van der Waals surface area contributed by atoms with Crippen LogP contribution < -0.4 is 0 Å². The lowest BCUT2D eigenvalue weighted by molar-refractivity contribution is 0.0210. The average Bonchev–Trinajstić information content (AvgIpc) is 2.64. The molecule has 1 saturated heterocycles. The second-order valence-electron chi connectivity index (χ2n) is 4.86. The number of aliphatic hydroxyl groups is 1. The lowest BCUT2D eigenvalue weighted by atomic mass is 9.89. The van der Waals surface area contributed by atoms with E-state index in [-0.39, 0.29) is 0 Å². The van der Waals surface area contributed by atoms with E-state index in [9.17, 15) is 5.11 Å². The molecule has 1 fully saturated rings. The van der Waals surface area contributed by atoms with Crippen molar-refractivity contribution in [3.05, 3.63) is 20.8 Å². The Morgan fingerprint density at radius 3 is 2.88 bits per heavy atom. The molecule has 0 aliphatic carbocycles. The fraction of sp³-hybridized carbons (Fsp3) is 0.692. The van der Waals surface area contributed by atoms with Gasteiger partial charge in [0.15, 0.2) is 0 Å². The molecule has 17 heavy (non-hydrogen) atoms. The summed E-state index contributed by atoms with van der Waals surface area (Å²) in [5.74, 6) is 0. The number of hydrogen-bond donors (Lipinski definition) is 1. The lowest BCUT2D eigenvalue weighted by Gasteiger charge is -2.27. The van der Waals surface area contributed by atoms with Gasteiger partial charge in [-0.15, -0.1) is 0 Å². The van der Waals surface area contributed by atoms with E-state index in [1.54, 1.807) is 11.3 Å². The molecule has 0 radical (unpaired) electrons. The Hall–Kier alpha value is 0.100. The van der Waals surface area contributed by atoms with Crippen molar-refractivity contribution in [3.63, 3.8) is 0 Å². The van der Waals surface area contributed by atoms with Gasteiger partial charge in [-0.05, 0) is 60.1 Å². The molecule has 1 atom stereocenters. The van der Waals surface area contributed by atoms with Crippen molar-refractivity contribution in [1.29, 1.82) is 0 Å². The van der Waals surface area contributed by atoms with Crippen LogP contribution in [0.2, 0.25) is 0 Å². The minimum Gasteiger partial charge on any atom is -0.385 e. The van der Waals surface area contributed by atoms with Crippen LogP contribution in [0.25, 0.3) is 0 Å². The Labute approximate surface area is 116 Å². The van der Waals surface area contributed by atoms with Crippen molar-refractivity contribution in [2.75, 3.05) is 19.6 Å². The van der Waals surface area contributed by atoms with E-state index < -0.39 is 5.60 Å². The third-order valence-corrected chi connectivity index (χ3v) is 5.26. The van der Waals surface area contributed by atoms with Crippen LogP contribution >= 0.6 is 27.3 Å². The first kappa shape index (κ1) is 13.5. The summed E-state index contributed by atoms with van der Waals surface area (Å²) in [6, 6.07) is 0. The fourth-order valence-electron chi connectivity index (χ4n) is 2.60. The molecule has 1 aliphatic heterocycles. The smallest absolute Gasteiger partial charge is 0.0928 e. The van der Waals surface area contributed by atoms with Gasteiger partial charge in [0.1, 0.15) is 0 Å². The molecule has 2 heterocycles. The summed E-state index contributed by atoms with van der Waals surface area (Å²) >= 11 is 5.20. The summed E-state index contributed by atoms with van der Waals surface area (Å²) < 4.78 is 1.06. The van der Waals surface area contributed by atoms with Crippen LogP contribution in [0.4, 0.5) is 0 Å². The second kappa shape index (κ2) is 5.83. The van der Waals surface area contributed by atoms with Gasteiger partial charge in [0.25, 0.3) is 0 Å². The third kappa shape index (κ3) is 3.11. The first-order chi connectivity index (χ1) is 8.15. The highest BCUT2D eigenvalue weighted by Gasteiger charge is 2.33. The summed E-state index contributed by atoms with van der Waals surface area (Å²) in [6.45, 7) is 5.50. The Bertz CT molecular complexity index is 368. The van der Waals surface area contributed by atoms with Crippen LogP contribution in [0.5, 0.6) is 0 Å². The number of halogens is 1. The Morgan fingerprint density at radius 2 is 2.24 bits per heavy atom. The maximum Gasteiger partial charge on any atom is 0.0928 e. The zero-order chi connectivity index (χ0) is 12.3. The molecule has 0 spiro atoms. The van der Waals surface area contributed by atoms with Crippen LogP contribution in [-0.2, 0) is 5.60 Å². The number of rotatable bonds is 3. The predicted molar refractivity (Wildman–Crippen MR) is 76.5 cm³/mol. The highest BCUT2D eigenvalue weighted by atomic mass is 79.9. The molecular weight excluding hydrogens is 298 g/mol. The molecule has 0 bridgehead atoms. The molecule has 1 unspecified atom stereocenters. The Morgan fingerprint density at radius 1 is 1.41 bits per heavy atom. The minimum atomic E-state index is -0.624. The number of nitrogens with zero attached hydrogens (tertiary/aromatic N) is 1. The van der Waals surface area contributed by atoms with Gasteiger partial charge in [-0.3, -0.25) is 0 Å². The van der Waals surface area contributed by atoms with Gasteiger partial charge in [-0.2, -0.15) is 11.3 Å². The first-order valence-electron chi connectivity index (χ1n) is 6.32. The van der Waals surface area contributed by atoms with Gasteiger partial charge in [0.05, 0.1) is 5.60 Å². The molecular formula is C13H20BrNOS. The fourth-order valence-corrected chi connectivity index (χ4v) is 4.35. The van der Waals surface area contributed by atoms with Crippen LogP contribution in [-0.4, -0.2) is 29.6 Å². The van der Waals surface area contributed by atoms with Gasteiger partial charge >= 0.3 is 0 Å². The van der Waals surface area contributed by atoms with Crippen molar-refractivity contribution < 1.29 is 5.11 Å². The van der Waals surface area contributed by atoms with Crippen molar-refractivity contribution in [1.82, 2.24) is 4.90 Å². The average molecular weight is 318 g/mol. The van der Waals surface area contributed by atoms with Crippen LogP contribution in [0, 0.1) is 0 Å². The largest absolute Gasteiger partial charge is 0.385 e. The van der Waals surface area contributed by atoms with Crippen molar-refractivity contribution in [2.45, 2.75) is 38.2 Å². The van der Waals surface area contributed by atoms with Gasteiger partial charge < -0.3 is 10.0 Å². The summed E-state index contributed by atoms with van der Waals surface area (Å²) in [5.41, 5.74) is 0.460. The zero-order valence-electron chi connectivity index (χ0n) is 10.3. The Balaban J connectivity index is 2.09. The van der Waals surface area contributed by atoms with Crippen molar-refractivity contribution in [3.8, 4) is 0 Å². The first-order valence-corrected chi connectivity index (χ1v) is 8.06. The molecule has 1 aromatic heterocycles. The summed E-state index contributed by atoms with van der Waals surface area (Å²) in [5, 5.41) is 15.0. The third-order valence-electron chi connectivity index (χ3n) is 3.56. The monoisotopic (exact) mass is 317 g/mol. The SMILES string of the molecule is CCCN1CCCC(O)(c2cscc2Br)CC1. The quantitative estimate of drug-likeness (QED) is 0.920. The van der Waals surface area contributed by atoms with Gasteiger partial charge in [-0.1, -0.05) is 6.92 Å². The molecule has 4 heteroatoms. The van der Waals surface area contributed by atoms with E-state index in [4.69, 9.17) is 0 Å². The topological polar surface area (TPSA) is 23.5 Å². The van der Waals surface area contributed by atoms with Gasteiger partial charge in [0.2, 0.25) is 0 Å². The number of likely N-dealkylation sites (tertiary alicyclic amines) is 1. The van der Waals surface area contributed by atoms with E-state index >= 15 is 0 Å². The van der Waals surface area contributed by atoms with E-state index in [2.05, 4.69) is 38.5 Å². The molecule has 96 valence electrons. The standard InChI is InChI=1S/C13H20BrNOS/c1-2-6-15-7-3-4-13(16,5-8-15)11-9-17-10-12(11)14/h9-10,16H,2-8H2,1H3. The molecule has 0 aromatic carbocycles. The van der Waals surface area contributed by atoms with Crippen LogP contribution in [0.3, 0.4) is 0 Å². The van der Waals surface area contributed by atoms with Crippen molar-refractivity contribution >= 4 is 27.3 Å². The molecule has 2 rings (SSSR count). The summed E-state index contributed by atoms with van der Waals surface area (Å²) in [4.78, 5) is 2.47. The molecule has 0 amide bonds. The zero-order valence-corrected chi connectivity index (χ0v) is 12.7. The van der Waals surface area contributed by atoms with E-state index in [1.807, 2.05) is 0 Å². The van der Waals surface area contributed by atoms with Gasteiger partial charge in [-0.25, -0.2) is 0 Å². The maximum atomic E-state index is 10.8. The van der Waals surface area contributed by atoms with Crippen LogP contribution in [0.15, 0.2) is 15.2 Å². The van der Waals surface area contributed by atoms with Gasteiger partial charge in [0, 0.05) is 22.0 Å². The molecule has 1 N–H and O–H groups in total. The van der Waals surface area contributed by atoms with E-state index in [0.717, 1.165) is 48.9 Å². The Kier molecular flexibility index (Phi) is 4.64. The molecule has 2 nitrogen and oxygen atoms in total. The minimum absolute atomic E-state index is 0.624. The predicted octanol–water partition coefficient (Wildman–Crippen LogP) is 3.59. The summed E-state index contributed by atoms with van der Waals surface area (Å²) in [6.07, 6.45) is 4.00. The van der Waals surface area contributed by atoms with Crippen LogP contribution in [0.1, 0.15) is 38.2 Å². The van der Waals surface area contributed by atoms with E-state index in [0.29, 0.717) is 0 Å². The number of thiophene rings is 1. The second-order valence-corrected chi connectivity index (χ2v) is 6.46. The highest BCUT2D eigenvalue weighted by molar-refractivity contribution is 9.10. The molecule has 1 aliphatic rings. The normalized spacial score (nSPS) is 27.0. The molecule has 0 saturated carbocycles.